The van der Waals surface area contributed by atoms with E-state index in [4.69, 9.17) is 10.00 Å². The standard InChI is InChI=1S/C26H36FNO/c1-2-3-4-20-5-11-23(12-6-20)24-13-7-22(8-14-24)19-29-26-15-9-21(10-16-26)17-25(27)18-28/h5-6,11-12,17,21-22,24,26H,2-4,7-10,13-16,19H2,1H3/b25-17+. The van der Waals surface area contributed by atoms with Crippen molar-refractivity contribution >= 4 is 0 Å². The van der Waals surface area contributed by atoms with Gasteiger partial charge in [0.1, 0.15) is 6.07 Å². The average molecular weight is 398 g/mol. The molecule has 0 unspecified atom stereocenters. The Morgan fingerprint density at radius 3 is 2.38 bits per heavy atom. The van der Waals surface area contributed by atoms with Crippen molar-refractivity contribution in [3.63, 3.8) is 0 Å². The van der Waals surface area contributed by atoms with Crippen molar-refractivity contribution in [3.8, 4) is 6.07 Å². The molecule has 0 atom stereocenters. The second-order valence-electron chi connectivity index (χ2n) is 9.06. The molecule has 2 fully saturated rings. The number of aryl methyl sites for hydroxylation is 1. The first-order valence-corrected chi connectivity index (χ1v) is 11.7. The van der Waals surface area contributed by atoms with Gasteiger partial charge in [-0.05, 0) is 99.2 Å². The highest BCUT2D eigenvalue weighted by Crippen LogP contribution is 2.37. The Bertz CT molecular complexity index is 674. The number of benzene rings is 1. The highest BCUT2D eigenvalue weighted by molar-refractivity contribution is 5.26. The zero-order valence-corrected chi connectivity index (χ0v) is 17.9. The van der Waals surface area contributed by atoms with Crippen LogP contribution < -0.4 is 0 Å². The minimum absolute atomic E-state index is 0.207. The zero-order valence-electron chi connectivity index (χ0n) is 17.9. The first kappa shape index (κ1) is 22.0. The molecule has 1 aromatic carbocycles. The summed E-state index contributed by atoms with van der Waals surface area (Å²) in [6.07, 6.45) is 14.4. The fourth-order valence-electron chi connectivity index (χ4n) is 4.94. The van der Waals surface area contributed by atoms with Gasteiger partial charge in [0.15, 0.2) is 5.83 Å². The van der Waals surface area contributed by atoms with Crippen LogP contribution in [0.5, 0.6) is 0 Å². The molecule has 1 aromatic rings. The molecule has 0 aliphatic heterocycles. The van der Waals surface area contributed by atoms with E-state index in [-0.39, 0.29) is 5.92 Å². The van der Waals surface area contributed by atoms with Crippen LogP contribution in [-0.2, 0) is 11.2 Å². The van der Waals surface area contributed by atoms with Crippen LogP contribution in [0.1, 0.15) is 88.2 Å². The molecular weight excluding hydrogens is 361 g/mol. The third-order valence-electron chi connectivity index (χ3n) is 6.89. The smallest absolute Gasteiger partial charge is 0.196 e. The van der Waals surface area contributed by atoms with Crippen LogP contribution in [-0.4, -0.2) is 12.7 Å². The molecule has 0 spiro atoms. The summed E-state index contributed by atoms with van der Waals surface area (Å²) in [5, 5.41) is 8.56. The zero-order chi connectivity index (χ0) is 20.5. The molecule has 0 saturated heterocycles. The van der Waals surface area contributed by atoms with E-state index in [2.05, 4.69) is 31.2 Å². The van der Waals surface area contributed by atoms with Gasteiger partial charge in [-0.2, -0.15) is 9.65 Å². The van der Waals surface area contributed by atoms with E-state index >= 15 is 0 Å². The molecule has 3 rings (SSSR count). The van der Waals surface area contributed by atoms with E-state index in [1.807, 2.05) is 0 Å². The summed E-state index contributed by atoms with van der Waals surface area (Å²) < 4.78 is 19.3. The number of unbranched alkanes of at least 4 members (excludes halogenated alkanes) is 1. The quantitative estimate of drug-likeness (QED) is 0.433. The Labute approximate surface area is 176 Å². The van der Waals surface area contributed by atoms with Gasteiger partial charge in [-0.3, -0.25) is 0 Å². The van der Waals surface area contributed by atoms with E-state index in [1.54, 1.807) is 6.07 Å². The van der Waals surface area contributed by atoms with Gasteiger partial charge in [0.25, 0.3) is 0 Å². The summed E-state index contributed by atoms with van der Waals surface area (Å²) in [6, 6.07) is 10.9. The maximum Gasteiger partial charge on any atom is 0.196 e. The van der Waals surface area contributed by atoms with E-state index in [1.165, 1.54) is 62.1 Å². The average Bonchev–Trinajstić information content (AvgIpc) is 2.78. The lowest BCUT2D eigenvalue weighted by Gasteiger charge is -2.32. The van der Waals surface area contributed by atoms with Crippen LogP contribution in [0.25, 0.3) is 0 Å². The summed E-state index contributed by atoms with van der Waals surface area (Å²) >= 11 is 0. The van der Waals surface area contributed by atoms with Crippen LogP contribution in [0.4, 0.5) is 4.39 Å². The molecule has 0 radical (unpaired) electrons. The normalized spacial score (nSPS) is 28.1. The van der Waals surface area contributed by atoms with Gasteiger partial charge in [-0.15, -0.1) is 0 Å². The molecule has 2 aliphatic rings. The van der Waals surface area contributed by atoms with Gasteiger partial charge < -0.3 is 4.74 Å². The van der Waals surface area contributed by atoms with Crippen molar-refractivity contribution in [2.24, 2.45) is 11.8 Å². The van der Waals surface area contributed by atoms with Crippen LogP contribution >= 0.6 is 0 Å². The van der Waals surface area contributed by atoms with Crippen molar-refractivity contribution in [1.29, 1.82) is 5.26 Å². The number of ether oxygens (including phenoxy) is 1. The molecular formula is C26H36FNO. The molecule has 0 amide bonds. The minimum Gasteiger partial charge on any atom is -0.378 e. The summed E-state index contributed by atoms with van der Waals surface area (Å²) in [5.41, 5.74) is 2.99. The Hall–Kier alpha value is -1.66. The molecule has 2 nitrogen and oxygen atoms in total. The lowest BCUT2D eigenvalue weighted by Crippen LogP contribution is -2.25. The highest BCUT2D eigenvalue weighted by atomic mass is 19.1. The Morgan fingerprint density at radius 2 is 1.76 bits per heavy atom. The van der Waals surface area contributed by atoms with E-state index in [9.17, 15) is 4.39 Å². The number of nitriles is 1. The molecule has 3 heteroatoms. The Balaban J connectivity index is 1.35. The van der Waals surface area contributed by atoms with Gasteiger partial charge in [-0.25, -0.2) is 0 Å². The van der Waals surface area contributed by atoms with Gasteiger partial charge >= 0.3 is 0 Å². The predicted molar refractivity (Wildman–Crippen MR) is 116 cm³/mol. The van der Waals surface area contributed by atoms with Crippen LogP contribution in [0.15, 0.2) is 36.2 Å². The van der Waals surface area contributed by atoms with Crippen LogP contribution in [0.2, 0.25) is 0 Å². The molecule has 0 heterocycles. The van der Waals surface area contributed by atoms with Gasteiger partial charge in [0.2, 0.25) is 0 Å². The van der Waals surface area contributed by atoms with E-state index in [0.29, 0.717) is 17.9 Å². The first-order chi connectivity index (χ1) is 14.2. The molecule has 158 valence electrons. The fourth-order valence-corrected chi connectivity index (χ4v) is 4.94. The lowest BCUT2D eigenvalue weighted by molar-refractivity contribution is -0.00465. The van der Waals surface area contributed by atoms with Crippen LogP contribution in [0, 0.1) is 23.2 Å². The second kappa shape index (κ2) is 11.5. The topological polar surface area (TPSA) is 33.0 Å². The van der Waals surface area contributed by atoms with Crippen molar-refractivity contribution < 1.29 is 9.13 Å². The molecule has 2 saturated carbocycles. The SMILES string of the molecule is CCCCc1ccc(C2CCC(COC3CCC(/C=C(/F)C#N)CC3)CC2)cc1. The van der Waals surface area contributed by atoms with E-state index in [0.717, 1.165) is 32.3 Å². The number of halogens is 1. The van der Waals surface area contributed by atoms with Crippen molar-refractivity contribution in [3.05, 3.63) is 47.3 Å². The molecule has 0 bridgehead atoms. The van der Waals surface area contributed by atoms with Gasteiger partial charge in [0.05, 0.1) is 6.10 Å². The second-order valence-corrected chi connectivity index (χ2v) is 9.06. The third kappa shape index (κ3) is 6.96. The van der Waals surface area contributed by atoms with Gasteiger partial charge in [0, 0.05) is 6.61 Å². The fraction of sp³-hybridized carbons (Fsp3) is 0.654. The Kier molecular flexibility index (Phi) is 8.74. The van der Waals surface area contributed by atoms with E-state index < -0.39 is 5.83 Å². The summed E-state index contributed by atoms with van der Waals surface area (Å²) in [7, 11) is 0. The number of allylic oxidation sites excluding steroid dienone is 2. The largest absolute Gasteiger partial charge is 0.378 e. The maximum absolute atomic E-state index is 13.1. The monoisotopic (exact) mass is 397 g/mol. The summed E-state index contributed by atoms with van der Waals surface area (Å²) in [4.78, 5) is 0. The van der Waals surface area contributed by atoms with Crippen molar-refractivity contribution in [2.75, 3.05) is 6.61 Å². The highest BCUT2D eigenvalue weighted by Gasteiger charge is 2.25. The number of nitrogens with zero attached hydrogens (tertiary/aromatic N) is 1. The molecule has 29 heavy (non-hydrogen) atoms. The first-order valence-electron chi connectivity index (χ1n) is 11.7. The third-order valence-corrected chi connectivity index (χ3v) is 6.89. The van der Waals surface area contributed by atoms with Gasteiger partial charge in [-0.1, -0.05) is 37.6 Å². The molecule has 0 N–H and O–H groups in total. The number of rotatable bonds is 8. The molecule has 2 aliphatic carbocycles. The summed E-state index contributed by atoms with van der Waals surface area (Å²) in [6.45, 7) is 3.12. The minimum atomic E-state index is -0.637. The number of hydrogen-bond donors (Lipinski definition) is 0. The lowest BCUT2D eigenvalue weighted by atomic mass is 9.78. The summed E-state index contributed by atoms with van der Waals surface area (Å²) in [5.74, 6) is 0.965. The van der Waals surface area contributed by atoms with Crippen molar-refractivity contribution in [2.45, 2.75) is 89.6 Å². The molecule has 0 aromatic heterocycles. The predicted octanol–water partition coefficient (Wildman–Crippen LogP) is 7.26. The maximum atomic E-state index is 13.1. The number of hydrogen-bond acceptors (Lipinski definition) is 2. The van der Waals surface area contributed by atoms with Crippen LogP contribution in [0.3, 0.4) is 0 Å². The Morgan fingerprint density at radius 1 is 1.07 bits per heavy atom. The van der Waals surface area contributed by atoms with Crippen molar-refractivity contribution in [1.82, 2.24) is 0 Å².